The Kier molecular flexibility index (Phi) is 7.24. The number of carboxylic acid groups (broad SMARTS) is 1. The van der Waals surface area contributed by atoms with Crippen LogP contribution in [0.1, 0.15) is 12.8 Å². The average molecular weight is 187 g/mol. The van der Waals surface area contributed by atoms with Crippen LogP contribution in [0.2, 0.25) is 0 Å². The fourth-order valence-corrected chi connectivity index (χ4v) is 0.811. The van der Waals surface area contributed by atoms with Crippen LogP contribution in [0.25, 0.3) is 0 Å². The van der Waals surface area contributed by atoms with Gasteiger partial charge in [0, 0.05) is 25.8 Å². The van der Waals surface area contributed by atoms with E-state index in [0.29, 0.717) is 6.54 Å². The van der Waals surface area contributed by atoms with Gasteiger partial charge in [0.15, 0.2) is 0 Å². The maximum absolute atomic E-state index is 10.3. The predicted octanol–water partition coefficient (Wildman–Crippen LogP) is 0.643. The zero-order chi connectivity index (χ0) is 10.1. The zero-order valence-corrected chi connectivity index (χ0v) is 8.01. The van der Waals surface area contributed by atoms with E-state index in [1.54, 1.807) is 7.11 Å². The molecule has 4 heteroatoms. The van der Waals surface area contributed by atoms with Crippen molar-refractivity contribution in [3.8, 4) is 0 Å². The van der Waals surface area contributed by atoms with Gasteiger partial charge in [0.25, 0.3) is 0 Å². The topological polar surface area (TPSA) is 58.6 Å². The lowest BCUT2D eigenvalue weighted by molar-refractivity contribution is -0.132. The molecule has 0 radical (unpaired) electrons. The minimum Gasteiger partial charge on any atom is -0.478 e. The maximum atomic E-state index is 10.3. The second-order valence-electron chi connectivity index (χ2n) is 2.79. The molecule has 0 saturated carbocycles. The minimum atomic E-state index is -0.940. The van der Waals surface area contributed by atoms with Crippen LogP contribution in [0.5, 0.6) is 0 Å². The first-order chi connectivity index (χ1) is 6.18. The molecule has 13 heavy (non-hydrogen) atoms. The Labute approximate surface area is 78.6 Å². The molecule has 0 bridgehead atoms. The lowest BCUT2D eigenvalue weighted by Gasteiger charge is -2.03. The highest BCUT2D eigenvalue weighted by Crippen LogP contribution is 1.89. The molecule has 0 heterocycles. The van der Waals surface area contributed by atoms with Gasteiger partial charge >= 0.3 is 5.97 Å². The summed E-state index contributed by atoms with van der Waals surface area (Å²) < 4.78 is 4.87. The quantitative estimate of drug-likeness (QED) is 0.432. The van der Waals surface area contributed by atoms with Gasteiger partial charge in [0.1, 0.15) is 0 Å². The molecule has 0 aromatic carbocycles. The molecular weight excluding hydrogens is 170 g/mol. The lowest BCUT2D eigenvalue weighted by Crippen LogP contribution is -2.21. The van der Waals surface area contributed by atoms with E-state index in [0.717, 1.165) is 26.0 Å². The molecule has 0 fully saturated rings. The Bertz CT molecular complexity index is 168. The van der Waals surface area contributed by atoms with Crippen LogP contribution >= 0.6 is 0 Å². The number of unbranched alkanes of at least 4 members (excludes halogenated alkanes) is 1. The summed E-state index contributed by atoms with van der Waals surface area (Å²) in [6.45, 7) is 5.30. The third-order valence-electron chi connectivity index (χ3n) is 1.59. The second kappa shape index (κ2) is 7.76. The summed E-state index contributed by atoms with van der Waals surface area (Å²) in [6, 6.07) is 0. The van der Waals surface area contributed by atoms with Gasteiger partial charge in [-0.2, -0.15) is 0 Å². The van der Waals surface area contributed by atoms with Crippen molar-refractivity contribution in [1.82, 2.24) is 5.32 Å². The Hall–Kier alpha value is -0.870. The monoisotopic (exact) mass is 187 g/mol. The maximum Gasteiger partial charge on any atom is 0.332 e. The largest absolute Gasteiger partial charge is 0.478 e. The van der Waals surface area contributed by atoms with E-state index in [2.05, 4.69) is 11.9 Å². The highest BCUT2D eigenvalue weighted by molar-refractivity contribution is 5.86. The first-order valence-corrected chi connectivity index (χ1v) is 4.29. The van der Waals surface area contributed by atoms with Gasteiger partial charge in [0.05, 0.1) is 0 Å². The molecule has 76 valence electrons. The summed E-state index contributed by atoms with van der Waals surface area (Å²) in [7, 11) is 1.67. The van der Waals surface area contributed by atoms with Crippen molar-refractivity contribution in [3.05, 3.63) is 12.2 Å². The number of nitrogens with one attached hydrogen (secondary N) is 1. The van der Waals surface area contributed by atoms with Crippen molar-refractivity contribution in [2.75, 3.05) is 26.8 Å². The molecule has 0 spiro atoms. The van der Waals surface area contributed by atoms with Crippen molar-refractivity contribution in [2.24, 2.45) is 0 Å². The molecule has 0 aliphatic carbocycles. The van der Waals surface area contributed by atoms with Crippen molar-refractivity contribution in [2.45, 2.75) is 12.8 Å². The highest BCUT2D eigenvalue weighted by atomic mass is 16.5. The van der Waals surface area contributed by atoms with Crippen LogP contribution in [0.15, 0.2) is 12.2 Å². The van der Waals surface area contributed by atoms with E-state index in [-0.39, 0.29) is 5.57 Å². The number of hydrogen-bond acceptors (Lipinski definition) is 3. The molecular formula is C9H17NO3. The number of carboxylic acids is 1. The molecule has 0 amide bonds. The number of ether oxygens (including phenoxy) is 1. The molecule has 0 aromatic heterocycles. The Balaban J connectivity index is 3.16. The van der Waals surface area contributed by atoms with E-state index in [1.165, 1.54) is 0 Å². The van der Waals surface area contributed by atoms with Gasteiger partial charge in [-0.15, -0.1) is 0 Å². The molecule has 0 aliphatic rings. The molecule has 0 aliphatic heterocycles. The highest BCUT2D eigenvalue weighted by Gasteiger charge is 2.01. The van der Waals surface area contributed by atoms with Crippen LogP contribution in [0.3, 0.4) is 0 Å². The summed E-state index contributed by atoms with van der Waals surface area (Å²) in [4.78, 5) is 10.3. The Morgan fingerprint density at radius 1 is 1.54 bits per heavy atom. The fourth-order valence-electron chi connectivity index (χ4n) is 0.811. The van der Waals surface area contributed by atoms with Crippen molar-refractivity contribution in [3.63, 3.8) is 0 Å². The normalized spacial score (nSPS) is 9.92. The van der Waals surface area contributed by atoms with Gasteiger partial charge in [-0.1, -0.05) is 6.58 Å². The Morgan fingerprint density at radius 2 is 2.23 bits per heavy atom. The van der Waals surface area contributed by atoms with Crippen LogP contribution < -0.4 is 5.32 Å². The van der Waals surface area contributed by atoms with Crippen molar-refractivity contribution in [1.29, 1.82) is 0 Å². The summed E-state index contributed by atoms with van der Waals surface area (Å²) in [5.41, 5.74) is 0.201. The van der Waals surface area contributed by atoms with Crippen molar-refractivity contribution < 1.29 is 14.6 Å². The smallest absolute Gasteiger partial charge is 0.332 e. The molecule has 0 saturated heterocycles. The second-order valence-corrected chi connectivity index (χ2v) is 2.79. The molecule has 2 N–H and O–H groups in total. The number of hydrogen-bond donors (Lipinski definition) is 2. The van der Waals surface area contributed by atoms with Crippen molar-refractivity contribution >= 4 is 5.97 Å². The number of carbonyl (C=O) groups is 1. The fraction of sp³-hybridized carbons (Fsp3) is 0.667. The van der Waals surface area contributed by atoms with E-state index in [1.807, 2.05) is 0 Å². The number of methoxy groups -OCH3 is 1. The van der Waals surface area contributed by atoms with Gasteiger partial charge in [0.2, 0.25) is 0 Å². The first-order valence-electron chi connectivity index (χ1n) is 4.29. The molecule has 4 nitrogen and oxygen atoms in total. The van der Waals surface area contributed by atoms with Gasteiger partial charge in [-0.3, -0.25) is 0 Å². The van der Waals surface area contributed by atoms with Crippen LogP contribution in [-0.2, 0) is 9.53 Å². The predicted molar refractivity (Wildman–Crippen MR) is 50.8 cm³/mol. The summed E-state index contributed by atoms with van der Waals surface area (Å²) in [6.07, 6.45) is 1.98. The van der Waals surface area contributed by atoms with Crippen LogP contribution in [-0.4, -0.2) is 37.9 Å². The van der Waals surface area contributed by atoms with E-state index in [9.17, 15) is 4.79 Å². The summed E-state index contributed by atoms with van der Waals surface area (Å²) >= 11 is 0. The van der Waals surface area contributed by atoms with Gasteiger partial charge < -0.3 is 15.2 Å². The van der Waals surface area contributed by atoms with E-state index < -0.39 is 5.97 Å². The third kappa shape index (κ3) is 7.49. The molecule has 0 rings (SSSR count). The lowest BCUT2D eigenvalue weighted by atomic mass is 10.3. The summed E-state index contributed by atoms with van der Waals surface area (Å²) in [5.74, 6) is -0.940. The minimum absolute atomic E-state index is 0.201. The standard InChI is InChI=1S/C9H17NO3/c1-8(9(11)12)7-10-5-3-4-6-13-2/h10H,1,3-7H2,2H3,(H,11,12). The zero-order valence-electron chi connectivity index (χ0n) is 8.01. The number of aliphatic carboxylic acids is 1. The van der Waals surface area contributed by atoms with Gasteiger partial charge in [-0.25, -0.2) is 4.79 Å². The average Bonchev–Trinajstić information content (AvgIpc) is 2.10. The van der Waals surface area contributed by atoms with Gasteiger partial charge in [-0.05, 0) is 19.4 Å². The Morgan fingerprint density at radius 3 is 2.77 bits per heavy atom. The summed E-state index contributed by atoms with van der Waals surface area (Å²) in [5, 5.41) is 11.5. The molecule has 0 unspecified atom stereocenters. The molecule has 0 aromatic rings. The van der Waals surface area contributed by atoms with Crippen LogP contribution in [0, 0.1) is 0 Å². The molecule has 0 atom stereocenters. The third-order valence-corrected chi connectivity index (χ3v) is 1.59. The van der Waals surface area contributed by atoms with E-state index in [4.69, 9.17) is 9.84 Å². The first kappa shape index (κ1) is 12.1. The van der Waals surface area contributed by atoms with E-state index >= 15 is 0 Å². The number of rotatable bonds is 8. The van der Waals surface area contributed by atoms with Crippen LogP contribution in [0.4, 0.5) is 0 Å². The SMILES string of the molecule is C=C(CNCCCCOC)C(=O)O.